The van der Waals surface area contributed by atoms with Crippen molar-refractivity contribution in [3.8, 4) is 0 Å². The number of hydrogen-bond acceptors (Lipinski definition) is 4. The molecule has 2 N–H and O–H groups in total. The maximum atomic E-state index is 12.1. The van der Waals surface area contributed by atoms with Gasteiger partial charge in [-0.3, -0.25) is 0 Å². The molecule has 5 nitrogen and oxygen atoms in total. The Balaban J connectivity index is 2.10. The molecule has 0 spiro atoms. The Bertz CT molecular complexity index is 466. The van der Waals surface area contributed by atoms with Crippen molar-refractivity contribution < 1.29 is 28.5 Å². The van der Waals surface area contributed by atoms with Gasteiger partial charge in [0, 0.05) is 12.2 Å². The second kappa shape index (κ2) is 6.15. The number of halogens is 2. The summed E-state index contributed by atoms with van der Waals surface area (Å²) in [7, 11) is 0. The molecular formula is C13H15F2NO4. The fraction of sp³-hybridized carbons (Fsp3) is 0.462. The first kappa shape index (κ1) is 14.7. The summed E-state index contributed by atoms with van der Waals surface area (Å²) in [6.07, 6.45) is -0.270. The van der Waals surface area contributed by atoms with E-state index in [1.54, 1.807) is 17.0 Å². The van der Waals surface area contributed by atoms with E-state index in [9.17, 15) is 18.7 Å². The lowest BCUT2D eigenvalue weighted by molar-refractivity contribution is -0.132. The molecule has 1 aliphatic rings. The number of nitrogens with zero attached hydrogens (tertiary/aromatic N) is 1. The number of carboxylic acids is 1. The van der Waals surface area contributed by atoms with E-state index >= 15 is 0 Å². The van der Waals surface area contributed by atoms with Gasteiger partial charge in [-0.05, 0) is 30.7 Å². The van der Waals surface area contributed by atoms with E-state index in [-0.39, 0.29) is 18.2 Å². The molecule has 110 valence electrons. The number of alkyl halides is 2. The van der Waals surface area contributed by atoms with Gasteiger partial charge in [-0.15, -0.1) is 0 Å². The molecule has 0 radical (unpaired) electrons. The van der Waals surface area contributed by atoms with Gasteiger partial charge in [0.1, 0.15) is 0 Å². The van der Waals surface area contributed by atoms with Crippen molar-refractivity contribution >= 4 is 11.7 Å². The predicted octanol–water partition coefficient (Wildman–Crippen LogP) is 1.56. The number of carbonyl (C=O) groups is 1. The largest absolute Gasteiger partial charge is 0.478 e. The molecule has 0 saturated carbocycles. The van der Waals surface area contributed by atoms with Crippen molar-refractivity contribution in [1.82, 2.24) is 0 Å². The van der Waals surface area contributed by atoms with Crippen molar-refractivity contribution in [3.63, 3.8) is 0 Å². The van der Waals surface area contributed by atoms with Crippen molar-refractivity contribution in [3.05, 3.63) is 29.8 Å². The summed E-state index contributed by atoms with van der Waals surface area (Å²) < 4.78 is 28.5. The van der Waals surface area contributed by atoms with Crippen molar-refractivity contribution in [1.29, 1.82) is 0 Å². The number of rotatable bonds is 5. The van der Waals surface area contributed by atoms with E-state index in [1.165, 1.54) is 12.1 Å². The average Bonchev–Trinajstić information content (AvgIpc) is 2.77. The number of aliphatic hydroxyl groups excluding tert-OH is 1. The van der Waals surface area contributed by atoms with Gasteiger partial charge in [0.2, 0.25) is 0 Å². The highest BCUT2D eigenvalue weighted by molar-refractivity contribution is 5.88. The van der Waals surface area contributed by atoms with E-state index in [4.69, 9.17) is 5.11 Å². The molecule has 0 aromatic heterocycles. The number of ether oxygens (including phenoxy) is 1. The van der Waals surface area contributed by atoms with Crippen LogP contribution in [0.15, 0.2) is 24.3 Å². The number of aliphatic hydroxyl groups is 1. The van der Waals surface area contributed by atoms with E-state index in [0.29, 0.717) is 18.7 Å². The lowest BCUT2D eigenvalue weighted by Gasteiger charge is -2.26. The van der Waals surface area contributed by atoms with E-state index < -0.39 is 18.7 Å². The lowest BCUT2D eigenvalue weighted by Crippen LogP contribution is -2.33. The monoisotopic (exact) mass is 287 g/mol. The van der Waals surface area contributed by atoms with Gasteiger partial charge in [-0.25, -0.2) is 4.79 Å². The molecule has 1 aromatic carbocycles. The minimum absolute atomic E-state index is 0.147. The van der Waals surface area contributed by atoms with Gasteiger partial charge < -0.3 is 19.8 Å². The van der Waals surface area contributed by atoms with Crippen molar-refractivity contribution in [2.75, 3.05) is 18.1 Å². The number of β-amino-alcohol motifs (C(OH)–C–C–N with tert-alkyl or cyclic N) is 1. The van der Waals surface area contributed by atoms with E-state index in [2.05, 4.69) is 4.74 Å². The summed E-state index contributed by atoms with van der Waals surface area (Å²) in [4.78, 5) is 12.5. The average molecular weight is 287 g/mol. The highest BCUT2D eigenvalue weighted by Crippen LogP contribution is 2.26. The molecule has 1 saturated heterocycles. The summed E-state index contributed by atoms with van der Waals surface area (Å²) in [5.41, 5.74) is 0.822. The number of aromatic carboxylic acids is 1. The number of benzene rings is 1. The van der Waals surface area contributed by atoms with E-state index in [1.807, 2.05) is 0 Å². The summed E-state index contributed by atoms with van der Waals surface area (Å²) in [6, 6.07) is 5.71. The SMILES string of the molecule is O=C(O)c1ccc(N2C[C@@H](O)C[C@H]2COC(F)F)cc1. The normalized spacial score (nSPS) is 22.5. The maximum absolute atomic E-state index is 12.1. The molecule has 0 amide bonds. The van der Waals surface area contributed by atoms with Gasteiger partial charge >= 0.3 is 12.6 Å². The molecule has 7 heteroatoms. The predicted molar refractivity (Wildman–Crippen MR) is 67.1 cm³/mol. The third kappa shape index (κ3) is 3.43. The molecule has 0 aliphatic carbocycles. The van der Waals surface area contributed by atoms with Crippen molar-refractivity contribution in [2.45, 2.75) is 25.2 Å². The van der Waals surface area contributed by atoms with Crippen LogP contribution in [-0.2, 0) is 4.74 Å². The minimum Gasteiger partial charge on any atom is -0.478 e. The first-order valence-electron chi connectivity index (χ1n) is 6.15. The molecule has 0 unspecified atom stereocenters. The second-order valence-electron chi connectivity index (χ2n) is 4.64. The van der Waals surface area contributed by atoms with Gasteiger partial charge in [-0.1, -0.05) is 0 Å². The van der Waals surface area contributed by atoms with Gasteiger partial charge in [-0.2, -0.15) is 8.78 Å². The van der Waals surface area contributed by atoms with Crippen LogP contribution in [0.2, 0.25) is 0 Å². The Kier molecular flexibility index (Phi) is 4.51. The molecule has 20 heavy (non-hydrogen) atoms. The second-order valence-corrected chi connectivity index (χ2v) is 4.64. The summed E-state index contributed by atoms with van der Waals surface area (Å²) in [5, 5.41) is 18.5. The number of hydrogen-bond donors (Lipinski definition) is 2. The molecule has 1 heterocycles. The highest BCUT2D eigenvalue weighted by atomic mass is 19.3. The minimum atomic E-state index is -2.84. The van der Waals surface area contributed by atoms with Crippen LogP contribution in [0.3, 0.4) is 0 Å². The van der Waals surface area contributed by atoms with Gasteiger partial charge in [0.25, 0.3) is 0 Å². The lowest BCUT2D eigenvalue weighted by atomic mass is 10.1. The van der Waals surface area contributed by atoms with Gasteiger partial charge in [0.05, 0.1) is 24.3 Å². The molecule has 1 fully saturated rings. The smallest absolute Gasteiger partial charge is 0.345 e. The first-order valence-corrected chi connectivity index (χ1v) is 6.15. The van der Waals surface area contributed by atoms with E-state index in [0.717, 1.165) is 0 Å². The maximum Gasteiger partial charge on any atom is 0.345 e. The zero-order valence-corrected chi connectivity index (χ0v) is 10.6. The Morgan fingerprint density at radius 2 is 2.05 bits per heavy atom. The number of carboxylic acid groups (broad SMARTS) is 1. The van der Waals surface area contributed by atoms with Crippen LogP contribution < -0.4 is 4.90 Å². The molecule has 1 aliphatic heterocycles. The molecule has 2 atom stereocenters. The molecule has 0 bridgehead atoms. The quantitative estimate of drug-likeness (QED) is 0.860. The highest BCUT2D eigenvalue weighted by Gasteiger charge is 2.31. The number of anilines is 1. The third-order valence-electron chi connectivity index (χ3n) is 3.25. The Morgan fingerprint density at radius 3 is 2.60 bits per heavy atom. The summed E-state index contributed by atoms with van der Waals surface area (Å²) >= 11 is 0. The molecule has 1 aromatic rings. The van der Waals surface area contributed by atoms with Crippen LogP contribution >= 0.6 is 0 Å². The Morgan fingerprint density at radius 1 is 1.40 bits per heavy atom. The molecular weight excluding hydrogens is 272 g/mol. The van der Waals surface area contributed by atoms with Crippen LogP contribution in [0.1, 0.15) is 16.8 Å². The topological polar surface area (TPSA) is 70.0 Å². The standard InChI is InChI=1S/C13H15F2NO4/c14-13(15)20-7-10-5-11(17)6-16(10)9-3-1-8(2-4-9)12(18)19/h1-4,10-11,13,17H,5-7H2,(H,18,19)/t10-,11-/m0/s1. The third-order valence-corrected chi connectivity index (χ3v) is 3.25. The Hall–Kier alpha value is -1.73. The van der Waals surface area contributed by atoms with Crippen LogP contribution in [0.5, 0.6) is 0 Å². The fourth-order valence-electron chi connectivity index (χ4n) is 2.35. The van der Waals surface area contributed by atoms with Crippen LogP contribution in [0.4, 0.5) is 14.5 Å². The Labute approximate surface area is 114 Å². The zero-order chi connectivity index (χ0) is 14.7. The van der Waals surface area contributed by atoms with Gasteiger partial charge in [0.15, 0.2) is 0 Å². The first-order chi connectivity index (χ1) is 9.47. The van der Waals surface area contributed by atoms with Crippen LogP contribution in [0, 0.1) is 0 Å². The zero-order valence-electron chi connectivity index (χ0n) is 10.6. The van der Waals surface area contributed by atoms with Crippen molar-refractivity contribution in [2.24, 2.45) is 0 Å². The summed E-state index contributed by atoms with van der Waals surface area (Å²) in [5.74, 6) is -1.03. The van der Waals surface area contributed by atoms with Crippen LogP contribution in [-0.4, -0.2) is 48.1 Å². The summed E-state index contributed by atoms with van der Waals surface area (Å²) in [6.45, 7) is -2.72. The fourth-order valence-corrected chi connectivity index (χ4v) is 2.35. The molecule has 2 rings (SSSR count). The van der Waals surface area contributed by atoms with Crippen LogP contribution in [0.25, 0.3) is 0 Å².